The Kier molecular flexibility index (Phi) is 2.66. The monoisotopic (exact) mass is 224 g/mol. The lowest BCUT2D eigenvalue weighted by Gasteiger charge is -2.28. The van der Waals surface area contributed by atoms with E-state index in [1.54, 1.807) is 0 Å². The van der Waals surface area contributed by atoms with Gasteiger partial charge in [-0.3, -0.25) is 4.79 Å². The number of hydrogen-bond donors (Lipinski definition) is 0. The number of esters is 1. The van der Waals surface area contributed by atoms with Crippen molar-refractivity contribution in [2.75, 3.05) is 13.2 Å². The number of ether oxygens (including phenoxy) is 2. The first-order valence-electron chi connectivity index (χ1n) is 6.59. The minimum absolute atomic E-state index is 0.0429. The van der Waals surface area contributed by atoms with Gasteiger partial charge in [-0.25, -0.2) is 0 Å². The summed E-state index contributed by atoms with van der Waals surface area (Å²) >= 11 is 0. The molecule has 3 heteroatoms. The van der Waals surface area contributed by atoms with Crippen LogP contribution >= 0.6 is 0 Å². The number of rotatable bonds is 4. The van der Waals surface area contributed by atoms with Gasteiger partial charge in [-0.15, -0.1) is 0 Å². The number of fused-ring (bicyclic) bond motifs is 5. The molecule has 0 N–H and O–H groups in total. The maximum Gasteiger partial charge on any atom is 0.309 e. The van der Waals surface area contributed by atoms with Crippen LogP contribution in [0, 0.1) is 23.7 Å². The van der Waals surface area contributed by atoms with Crippen LogP contribution in [-0.2, 0) is 14.3 Å². The fourth-order valence-electron chi connectivity index (χ4n) is 3.84. The molecule has 3 rings (SSSR count). The number of carbonyl (C=O) groups is 1. The zero-order chi connectivity index (χ0) is 11.1. The average molecular weight is 224 g/mol. The first-order valence-corrected chi connectivity index (χ1v) is 6.59. The Morgan fingerprint density at radius 2 is 2.25 bits per heavy atom. The summed E-state index contributed by atoms with van der Waals surface area (Å²) in [5, 5.41) is 0. The van der Waals surface area contributed by atoms with Gasteiger partial charge in [-0.05, 0) is 31.1 Å². The van der Waals surface area contributed by atoms with Gasteiger partial charge in [0.1, 0.15) is 0 Å². The molecule has 90 valence electrons. The van der Waals surface area contributed by atoms with Crippen molar-refractivity contribution in [1.29, 1.82) is 0 Å². The third-order valence-electron chi connectivity index (χ3n) is 4.64. The predicted octanol–water partition coefficient (Wildman–Crippen LogP) is 2.00. The van der Waals surface area contributed by atoms with E-state index in [2.05, 4.69) is 6.92 Å². The molecular formula is C13H20O3. The summed E-state index contributed by atoms with van der Waals surface area (Å²) in [6, 6.07) is 0. The second-order valence-corrected chi connectivity index (χ2v) is 5.48. The Morgan fingerprint density at radius 3 is 3.06 bits per heavy atom. The van der Waals surface area contributed by atoms with E-state index in [4.69, 9.17) is 9.47 Å². The van der Waals surface area contributed by atoms with Crippen molar-refractivity contribution in [1.82, 2.24) is 0 Å². The summed E-state index contributed by atoms with van der Waals surface area (Å²) in [5.74, 6) is 1.88. The molecule has 3 aliphatic rings. The van der Waals surface area contributed by atoms with Crippen molar-refractivity contribution >= 4 is 5.97 Å². The third-order valence-corrected chi connectivity index (χ3v) is 4.64. The molecule has 5 unspecified atom stereocenters. The van der Waals surface area contributed by atoms with Gasteiger partial charge in [0.05, 0.1) is 18.6 Å². The molecule has 3 fully saturated rings. The van der Waals surface area contributed by atoms with E-state index in [1.807, 2.05) is 0 Å². The highest BCUT2D eigenvalue weighted by Crippen LogP contribution is 2.55. The van der Waals surface area contributed by atoms with E-state index >= 15 is 0 Å². The normalized spacial score (nSPS) is 44.8. The number of unbranched alkanes of at least 4 members (excludes halogenated alkanes) is 1. The highest BCUT2D eigenvalue weighted by molar-refractivity contribution is 5.76. The summed E-state index contributed by atoms with van der Waals surface area (Å²) in [6.45, 7) is 3.71. The van der Waals surface area contributed by atoms with Crippen LogP contribution in [0.1, 0.15) is 32.6 Å². The van der Waals surface area contributed by atoms with E-state index in [0.717, 1.165) is 19.4 Å². The minimum Gasteiger partial charge on any atom is -0.465 e. The van der Waals surface area contributed by atoms with Gasteiger partial charge in [0.2, 0.25) is 0 Å². The fourth-order valence-corrected chi connectivity index (χ4v) is 3.84. The van der Waals surface area contributed by atoms with Crippen molar-refractivity contribution in [3.05, 3.63) is 0 Å². The van der Waals surface area contributed by atoms with Gasteiger partial charge in [0, 0.05) is 12.5 Å². The van der Waals surface area contributed by atoms with Gasteiger partial charge >= 0.3 is 5.97 Å². The van der Waals surface area contributed by atoms with Crippen LogP contribution in [0.3, 0.4) is 0 Å². The summed E-state index contributed by atoms with van der Waals surface area (Å²) in [4.78, 5) is 11.6. The maximum atomic E-state index is 11.6. The smallest absolute Gasteiger partial charge is 0.309 e. The van der Waals surface area contributed by atoms with Crippen molar-refractivity contribution in [3.63, 3.8) is 0 Å². The van der Waals surface area contributed by atoms with Crippen LogP contribution in [0.2, 0.25) is 0 Å². The van der Waals surface area contributed by atoms with Gasteiger partial charge in [-0.1, -0.05) is 13.3 Å². The zero-order valence-corrected chi connectivity index (χ0v) is 9.85. The number of carbonyl (C=O) groups excluding carboxylic acids is 1. The highest BCUT2D eigenvalue weighted by atomic mass is 16.5. The van der Waals surface area contributed by atoms with Crippen LogP contribution in [0.25, 0.3) is 0 Å². The van der Waals surface area contributed by atoms with E-state index in [-0.39, 0.29) is 11.9 Å². The van der Waals surface area contributed by atoms with Gasteiger partial charge < -0.3 is 9.47 Å². The number of hydrogen-bond acceptors (Lipinski definition) is 3. The molecule has 0 aromatic carbocycles. The van der Waals surface area contributed by atoms with Crippen LogP contribution in [-0.4, -0.2) is 25.3 Å². The van der Waals surface area contributed by atoms with Crippen LogP contribution in [0.5, 0.6) is 0 Å². The lowest BCUT2D eigenvalue weighted by Crippen LogP contribution is -2.34. The second kappa shape index (κ2) is 4.02. The predicted molar refractivity (Wildman–Crippen MR) is 58.8 cm³/mol. The van der Waals surface area contributed by atoms with Gasteiger partial charge in [0.15, 0.2) is 0 Å². The Labute approximate surface area is 96.5 Å². The molecule has 2 bridgehead atoms. The number of cyclic esters (lactones) is 1. The summed E-state index contributed by atoms with van der Waals surface area (Å²) in [5.41, 5.74) is 0. The van der Waals surface area contributed by atoms with E-state index in [9.17, 15) is 4.79 Å². The minimum atomic E-state index is 0.0429. The molecule has 0 amide bonds. The lowest BCUT2D eigenvalue weighted by atomic mass is 9.80. The first-order chi connectivity index (χ1) is 7.81. The molecule has 2 saturated carbocycles. The SMILES string of the molecule is CCCCOC1CC2CC1C1C(=O)OCC21. The Morgan fingerprint density at radius 1 is 1.38 bits per heavy atom. The zero-order valence-electron chi connectivity index (χ0n) is 9.85. The highest BCUT2D eigenvalue weighted by Gasteiger charge is 2.59. The van der Waals surface area contributed by atoms with Crippen LogP contribution in [0.4, 0.5) is 0 Å². The molecule has 16 heavy (non-hydrogen) atoms. The fraction of sp³-hybridized carbons (Fsp3) is 0.923. The molecule has 0 radical (unpaired) electrons. The topological polar surface area (TPSA) is 35.5 Å². The molecule has 5 atom stereocenters. The Balaban J connectivity index is 1.62. The summed E-state index contributed by atoms with van der Waals surface area (Å²) in [7, 11) is 0. The van der Waals surface area contributed by atoms with Crippen molar-refractivity contribution in [3.8, 4) is 0 Å². The van der Waals surface area contributed by atoms with Crippen molar-refractivity contribution in [2.45, 2.75) is 38.7 Å². The van der Waals surface area contributed by atoms with Crippen molar-refractivity contribution < 1.29 is 14.3 Å². The quantitative estimate of drug-likeness (QED) is 0.541. The Bertz CT molecular complexity index is 289. The average Bonchev–Trinajstić information content (AvgIpc) is 2.91. The maximum absolute atomic E-state index is 11.6. The lowest BCUT2D eigenvalue weighted by molar-refractivity contribution is -0.144. The summed E-state index contributed by atoms with van der Waals surface area (Å²) in [6.07, 6.45) is 5.00. The molecule has 1 aliphatic heterocycles. The molecule has 3 nitrogen and oxygen atoms in total. The molecule has 0 spiro atoms. The molecule has 0 aromatic rings. The molecule has 1 heterocycles. The van der Waals surface area contributed by atoms with Gasteiger partial charge in [-0.2, -0.15) is 0 Å². The second-order valence-electron chi connectivity index (χ2n) is 5.48. The largest absolute Gasteiger partial charge is 0.465 e. The van der Waals surface area contributed by atoms with Gasteiger partial charge in [0.25, 0.3) is 0 Å². The van der Waals surface area contributed by atoms with E-state index < -0.39 is 0 Å². The van der Waals surface area contributed by atoms with Crippen LogP contribution < -0.4 is 0 Å². The summed E-state index contributed by atoms with van der Waals surface area (Å²) < 4.78 is 11.1. The molecular weight excluding hydrogens is 204 g/mol. The van der Waals surface area contributed by atoms with Crippen molar-refractivity contribution in [2.24, 2.45) is 23.7 Å². The standard InChI is InChI=1S/C13H20O3/c1-2-3-4-15-11-6-8-5-9(11)12-10(8)7-16-13(12)14/h8-12H,2-7H2,1H3. The molecule has 0 aromatic heterocycles. The van der Waals surface area contributed by atoms with E-state index in [1.165, 1.54) is 12.8 Å². The first kappa shape index (κ1) is 10.6. The molecule has 1 saturated heterocycles. The Hall–Kier alpha value is -0.570. The van der Waals surface area contributed by atoms with Crippen LogP contribution in [0.15, 0.2) is 0 Å². The third kappa shape index (κ3) is 1.48. The van der Waals surface area contributed by atoms with E-state index in [0.29, 0.717) is 30.5 Å². The molecule has 2 aliphatic carbocycles.